The van der Waals surface area contributed by atoms with E-state index in [4.69, 9.17) is 5.73 Å². The highest BCUT2D eigenvalue weighted by atomic mass is 16.2. The molecule has 0 unspecified atom stereocenters. The van der Waals surface area contributed by atoms with E-state index in [0.29, 0.717) is 11.5 Å². The van der Waals surface area contributed by atoms with E-state index >= 15 is 0 Å². The maximum absolute atomic E-state index is 11.7. The molecule has 0 aliphatic heterocycles. The number of nitrogens with two attached hydrogens (primary N) is 1. The van der Waals surface area contributed by atoms with Crippen LogP contribution in [0.1, 0.15) is 47.0 Å². The van der Waals surface area contributed by atoms with Crippen LogP contribution in [0.2, 0.25) is 0 Å². The van der Waals surface area contributed by atoms with E-state index in [9.17, 15) is 4.79 Å². The quantitative estimate of drug-likeness (QED) is 0.749. The molecule has 2 aliphatic rings. The van der Waals surface area contributed by atoms with Crippen molar-refractivity contribution in [2.24, 2.45) is 22.5 Å². The van der Waals surface area contributed by atoms with Crippen molar-refractivity contribution in [1.82, 2.24) is 5.32 Å². The lowest BCUT2D eigenvalue weighted by atomic mass is 9.69. The fraction of sp³-hybridized carbons (Fsp3) is 0.923. The zero-order valence-electron chi connectivity index (χ0n) is 10.8. The van der Waals surface area contributed by atoms with Crippen molar-refractivity contribution in [2.45, 2.75) is 59.0 Å². The Hall–Kier alpha value is -0.570. The second kappa shape index (κ2) is 3.46. The molecule has 0 aromatic carbocycles. The van der Waals surface area contributed by atoms with Crippen molar-refractivity contribution in [1.29, 1.82) is 0 Å². The number of hydrogen-bond acceptors (Lipinski definition) is 2. The highest BCUT2D eigenvalue weighted by Gasteiger charge is 2.61. The van der Waals surface area contributed by atoms with Crippen LogP contribution in [0, 0.1) is 16.7 Å². The number of fused-ring (bicyclic) bond motifs is 2. The summed E-state index contributed by atoms with van der Waals surface area (Å²) in [7, 11) is 0. The van der Waals surface area contributed by atoms with Crippen LogP contribution in [-0.4, -0.2) is 18.0 Å². The van der Waals surface area contributed by atoms with Crippen molar-refractivity contribution < 1.29 is 4.79 Å². The molecule has 0 aromatic rings. The van der Waals surface area contributed by atoms with Gasteiger partial charge in [0.2, 0.25) is 5.91 Å². The van der Waals surface area contributed by atoms with E-state index < -0.39 is 6.04 Å². The molecule has 2 bridgehead atoms. The highest BCUT2D eigenvalue weighted by Crippen LogP contribution is 2.65. The Bertz CT molecular complexity index is 311. The Morgan fingerprint density at radius 1 is 1.44 bits per heavy atom. The molecule has 1 amide bonds. The average Bonchev–Trinajstić information content (AvgIpc) is 2.50. The van der Waals surface area contributed by atoms with E-state index in [2.05, 4.69) is 26.1 Å². The van der Waals surface area contributed by atoms with Gasteiger partial charge >= 0.3 is 0 Å². The van der Waals surface area contributed by atoms with Crippen molar-refractivity contribution in [3.05, 3.63) is 0 Å². The van der Waals surface area contributed by atoms with Gasteiger partial charge in [0.15, 0.2) is 0 Å². The fourth-order valence-electron chi connectivity index (χ4n) is 3.73. The first-order valence-corrected chi connectivity index (χ1v) is 6.35. The standard InChI is InChI=1S/C13H24N2O/c1-8(14)11(16)15-10-7-9-5-6-13(10,4)12(9,2)3/h8-10H,5-7,14H2,1-4H3,(H,15,16)/t8-,9+,10+,13-/m0/s1. The van der Waals surface area contributed by atoms with Crippen LogP contribution in [0.4, 0.5) is 0 Å². The minimum Gasteiger partial charge on any atom is -0.351 e. The Balaban J connectivity index is 2.13. The summed E-state index contributed by atoms with van der Waals surface area (Å²) >= 11 is 0. The van der Waals surface area contributed by atoms with E-state index in [-0.39, 0.29) is 11.3 Å². The molecule has 0 aromatic heterocycles. The summed E-state index contributed by atoms with van der Waals surface area (Å²) in [5.41, 5.74) is 6.21. The van der Waals surface area contributed by atoms with Crippen LogP contribution >= 0.6 is 0 Å². The summed E-state index contributed by atoms with van der Waals surface area (Å²) in [4.78, 5) is 11.7. The lowest BCUT2D eigenvalue weighted by Crippen LogP contribution is -2.50. The molecular formula is C13H24N2O. The fourth-order valence-corrected chi connectivity index (χ4v) is 3.73. The Labute approximate surface area is 98.2 Å². The number of hydrogen-bond donors (Lipinski definition) is 2. The number of nitrogens with one attached hydrogen (secondary N) is 1. The smallest absolute Gasteiger partial charge is 0.236 e. The van der Waals surface area contributed by atoms with Crippen LogP contribution < -0.4 is 11.1 Å². The molecular weight excluding hydrogens is 200 g/mol. The first kappa shape index (κ1) is 11.9. The molecule has 0 radical (unpaired) electrons. The Morgan fingerprint density at radius 3 is 2.44 bits per heavy atom. The zero-order chi connectivity index (χ0) is 12.1. The molecule has 92 valence electrons. The minimum atomic E-state index is -0.397. The minimum absolute atomic E-state index is 0.00502. The third-order valence-electron chi connectivity index (χ3n) is 5.52. The summed E-state index contributed by atoms with van der Waals surface area (Å²) in [5.74, 6) is 0.755. The SMILES string of the molecule is C[C@H](N)C(=O)N[C@@H]1C[C@H]2CC[C@]1(C)C2(C)C. The second-order valence-corrected chi connectivity index (χ2v) is 6.46. The van der Waals surface area contributed by atoms with Gasteiger partial charge in [0.25, 0.3) is 0 Å². The van der Waals surface area contributed by atoms with E-state index in [1.54, 1.807) is 6.92 Å². The average molecular weight is 224 g/mol. The third kappa shape index (κ3) is 1.41. The maximum Gasteiger partial charge on any atom is 0.236 e. The summed E-state index contributed by atoms with van der Waals surface area (Å²) in [6.07, 6.45) is 3.67. The van der Waals surface area contributed by atoms with E-state index in [1.807, 2.05) is 0 Å². The highest BCUT2D eigenvalue weighted by molar-refractivity contribution is 5.81. The number of carbonyl (C=O) groups excluding carboxylic acids is 1. The van der Waals surface area contributed by atoms with Gasteiger partial charge in [-0.05, 0) is 42.9 Å². The van der Waals surface area contributed by atoms with E-state index in [0.717, 1.165) is 12.3 Å². The predicted octanol–water partition coefficient (Wildman–Crippen LogP) is 1.66. The predicted molar refractivity (Wildman–Crippen MR) is 64.8 cm³/mol. The number of amides is 1. The van der Waals surface area contributed by atoms with Crippen LogP contribution in [0.5, 0.6) is 0 Å². The van der Waals surface area contributed by atoms with Gasteiger partial charge in [-0.3, -0.25) is 4.79 Å². The van der Waals surface area contributed by atoms with Gasteiger partial charge in [-0.15, -0.1) is 0 Å². The molecule has 4 atom stereocenters. The normalized spacial score (nSPS) is 42.1. The van der Waals surface area contributed by atoms with Gasteiger partial charge in [0, 0.05) is 6.04 Å². The second-order valence-electron chi connectivity index (χ2n) is 6.46. The van der Waals surface area contributed by atoms with Gasteiger partial charge in [-0.25, -0.2) is 0 Å². The topological polar surface area (TPSA) is 55.1 Å². The third-order valence-corrected chi connectivity index (χ3v) is 5.52. The Morgan fingerprint density at radius 2 is 2.06 bits per heavy atom. The largest absolute Gasteiger partial charge is 0.351 e. The van der Waals surface area contributed by atoms with Crippen molar-refractivity contribution >= 4 is 5.91 Å². The van der Waals surface area contributed by atoms with Gasteiger partial charge in [-0.1, -0.05) is 20.8 Å². The van der Waals surface area contributed by atoms with Crippen LogP contribution in [0.25, 0.3) is 0 Å². The Kier molecular flexibility index (Phi) is 2.57. The molecule has 2 saturated carbocycles. The molecule has 3 N–H and O–H groups in total. The van der Waals surface area contributed by atoms with Crippen molar-refractivity contribution in [2.75, 3.05) is 0 Å². The van der Waals surface area contributed by atoms with Crippen molar-refractivity contribution in [3.63, 3.8) is 0 Å². The molecule has 2 rings (SSSR count). The molecule has 16 heavy (non-hydrogen) atoms. The van der Waals surface area contributed by atoms with Crippen LogP contribution in [0.15, 0.2) is 0 Å². The van der Waals surface area contributed by atoms with Crippen LogP contribution in [-0.2, 0) is 4.79 Å². The van der Waals surface area contributed by atoms with Gasteiger partial charge in [-0.2, -0.15) is 0 Å². The van der Waals surface area contributed by atoms with Crippen molar-refractivity contribution in [3.8, 4) is 0 Å². The maximum atomic E-state index is 11.7. The molecule has 2 aliphatic carbocycles. The molecule has 2 fully saturated rings. The molecule has 0 saturated heterocycles. The van der Waals surface area contributed by atoms with Gasteiger partial charge in [0.05, 0.1) is 6.04 Å². The first-order chi connectivity index (χ1) is 7.29. The summed E-state index contributed by atoms with van der Waals surface area (Å²) in [5, 5.41) is 3.14. The number of rotatable bonds is 2. The lowest BCUT2D eigenvalue weighted by Gasteiger charge is -2.39. The zero-order valence-corrected chi connectivity index (χ0v) is 10.8. The van der Waals surface area contributed by atoms with Crippen LogP contribution in [0.3, 0.4) is 0 Å². The molecule has 3 nitrogen and oxygen atoms in total. The number of carbonyl (C=O) groups is 1. The summed E-state index contributed by atoms with van der Waals surface area (Å²) in [6.45, 7) is 8.77. The van der Waals surface area contributed by atoms with Gasteiger partial charge < -0.3 is 11.1 Å². The van der Waals surface area contributed by atoms with Gasteiger partial charge in [0.1, 0.15) is 0 Å². The molecule has 0 spiro atoms. The summed E-state index contributed by atoms with van der Waals surface area (Å²) in [6, 6.07) is -0.0782. The van der Waals surface area contributed by atoms with E-state index in [1.165, 1.54) is 12.8 Å². The summed E-state index contributed by atoms with van der Waals surface area (Å²) < 4.78 is 0. The lowest BCUT2D eigenvalue weighted by molar-refractivity contribution is -0.123. The first-order valence-electron chi connectivity index (χ1n) is 6.35. The monoisotopic (exact) mass is 224 g/mol. The molecule has 3 heteroatoms. The molecule has 0 heterocycles.